The van der Waals surface area contributed by atoms with Gasteiger partial charge in [-0.1, -0.05) is 6.07 Å². The Morgan fingerprint density at radius 1 is 0.878 bits per heavy atom. The highest BCUT2D eigenvalue weighted by Crippen LogP contribution is 2.58. The topological polar surface area (TPSA) is 231 Å². The Labute approximate surface area is 230 Å². The summed E-state index contributed by atoms with van der Waals surface area (Å²) >= 11 is 0. The number of carbonyl (C=O) groups excluding carboxylic acids is 3. The lowest BCUT2D eigenvalue weighted by Gasteiger charge is -2.34. The molecule has 0 fully saturated rings. The van der Waals surface area contributed by atoms with Gasteiger partial charge in [0.2, 0.25) is 5.78 Å². The van der Waals surface area contributed by atoms with Gasteiger partial charge in [0, 0.05) is 28.3 Å². The number of fused-ring (bicyclic) bond motifs is 5. The van der Waals surface area contributed by atoms with E-state index in [1.165, 1.54) is 19.9 Å². The van der Waals surface area contributed by atoms with Crippen molar-refractivity contribution in [1.29, 1.82) is 0 Å². The molecule has 0 spiro atoms. The average Bonchev–Trinajstić information content (AvgIpc) is 2.89. The summed E-state index contributed by atoms with van der Waals surface area (Å²) in [6.07, 6.45) is -3.65. The van der Waals surface area contributed by atoms with Crippen molar-refractivity contribution in [3.8, 4) is 39.9 Å². The molecule has 41 heavy (non-hydrogen) atoms. The third kappa shape index (κ3) is 3.70. The predicted molar refractivity (Wildman–Crippen MR) is 138 cm³/mol. The largest absolute Gasteiger partial charge is 0.508 e. The monoisotopic (exact) mass is 565 g/mol. The average molecular weight is 565 g/mol. The number of carboxylic acids is 1. The van der Waals surface area contributed by atoms with E-state index in [1.807, 2.05) is 0 Å². The van der Waals surface area contributed by atoms with E-state index in [-0.39, 0.29) is 16.7 Å². The van der Waals surface area contributed by atoms with Crippen molar-refractivity contribution in [2.45, 2.75) is 32.1 Å². The molecule has 0 aliphatic heterocycles. The molecule has 212 valence electrons. The maximum Gasteiger partial charge on any atom is 0.325 e. The maximum atomic E-state index is 13.6. The van der Waals surface area contributed by atoms with Crippen LogP contribution in [0.5, 0.6) is 28.7 Å². The van der Waals surface area contributed by atoms with E-state index in [2.05, 4.69) is 5.32 Å². The van der Waals surface area contributed by atoms with Crippen molar-refractivity contribution >= 4 is 23.4 Å². The quantitative estimate of drug-likeness (QED) is 0.176. The third-order valence-electron chi connectivity index (χ3n) is 7.33. The number of aliphatic hydroxyl groups excluding tert-OH is 2. The number of aliphatic carboxylic acids is 1. The van der Waals surface area contributed by atoms with Gasteiger partial charge < -0.3 is 45.8 Å². The second kappa shape index (κ2) is 9.21. The number of hydrogen-bond donors (Lipinski definition) is 8. The van der Waals surface area contributed by atoms with Gasteiger partial charge in [-0.25, -0.2) is 0 Å². The number of aryl methyl sites for hydroxylation is 1. The molecule has 0 aromatic heterocycles. The molecule has 0 bridgehead atoms. The van der Waals surface area contributed by atoms with Crippen LogP contribution in [-0.2, 0) is 4.79 Å². The van der Waals surface area contributed by atoms with E-state index < -0.39 is 109 Å². The van der Waals surface area contributed by atoms with Gasteiger partial charge >= 0.3 is 5.97 Å². The van der Waals surface area contributed by atoms with Crippen LogP contribution in [0.2, 0.25) is 0 Å². The second-order valence-corrected chi connectivity index (χ2v) is 9.77. The number of carboxylic acid groups (broad SMARTS) is 1. The Kier molecular flexibility index (Phi) is 6.16. The number of ether oxygens (including phenoxy) is 1. The number of phenols is 4. The first-order valence-electron chi connectivity index (χ1n) is 12.1. The number of hydrogen-bond acceptors (Lipinski definition) is 11. The minimum absolute atomic E-state index is 0.0848. The number of ketones is 2. The first-order valence-corrected chi connectivity index (χ1v) is 12.1. The molecule has 0 heterocycles. The molecule has 13 heteroatoms. The highest BCUT2D eigenvalue weighted by atomic mass is 16.5. The molecule has 0 saturated heterocycles. The van der Waals surface area contributed by atoms with Gasteiger partial charge in [-0.15, -0.1) is 0 Å². The molecular formula is C28H23NO12. The number of benzene rings is 3. The number of methoxy groups -OCH3 is 1. The molecule has 3 atom stereocenters. The van der Waals surface area contributed by atoms with E-state index >= 15 is 0 Å². The summed E-state index contributed by atoms with van der Waals surface area (Å²) < 4.78 is 5.40. The SMILES string of the molecule is COc1c2c(c(O)c3c1C(O)C(O)c1cc(C)c(C(=O)NC(C)C(=O)O)c(O)c1-3)C(=O)c1cc(O)cc(O)c1C2=O. The number of rotatable bonds is 4. The fourth-order valence-corrected chi connectivity index (χ4v) is 5.47. The van der Waals surface area contributed by atoms with Crippen LogP contribution in [0, 0.1) is 6.92 Å². The summed E-state index contributed by atoms with van der Waals surface area (Å²) in [4.78, 5) is 51.5. The predicted octanol–water partition coefficient (Wildman–Crippen LogP) is 1.55. The molecule has 2 aliphatic carbocycles. The number of nitrogens with one attached hydrogen (secondary N) is 1. The molecule has 0 saturated carbocycles. The number of phenolic OH excluding ortho intramolecular Hbond substituents is 4. The Morgan fingerprint density at radius 3 is 2.15 bits per heavy atom. The van der Waals surface area contributed by atoms with Crippen LogP contribution in [0.1, 0.15) is 78.0 Å². The first-order chi connectivity index (χ1) is 19.2. The van der Waals surface area contributed by atoms with Crippen molar-refractivity contribution in [1.82, 2.24) is 5.32 Å². The fourth-order valence-electron chi connectivity index (χ4n) is 5.47. The van der Waals surface area contributed by atoms with Crippen LogP contribution in [0.15, 0.2) is 18.2 Å². The minimum atomic E-state index is -1.87. The van der Waals surface area contributed by atoms with Crippen molar-refractivity contribution < 1.29 is 59.7 Å². The molecule has 0 radical (unpaired) electrons. The van der Waals surface area contributed by atoms with E-state index in [1.54, 1.807) is 0 Å². The van der Waals surface area contributed by atoms with Gasteiger partial charge in [-0.05, 0) is 31.0 Å². The summed E-state index contributed by atoms with van der Waals surface area (Å²) in [5.41, 5.74) is -3.79. The second-order valence-electron chi connectivity index (χ2n) is 9.77. The van der Waals surface area contributed by atoms with Gasteiger partial charge in [0.05, 0.1) is 29.4 Å². The smallest absolute Gasteiger partial charge is 0.325 e. The molecule has 8 N–H and O–H groups in total. The number of aliphatic hydroxyl groups is 2. The van der Waals surface area contributed by atoms with Crippen LogP contribution in [-0.4, -0.2) is 72.3 Å². The van der Waals surface area contributed by atoms with Gasteiger partial charge in [0.25, 0.3) is 5.91 Å². The van der Waals surface area contributed by atoms with Crippen molar-refractivity contribution in [2.75, 3.05) is 7.11 Å². The van der Waals surface area contributed by atoms with Crippen molar-refractivity contribution in [2.24, 2.45) is 0 Å². The number of amides is 1. The molecule has 1 amide bonds. The van der Waals surface area contributed by atoms with E-state index in [4.69, 9.17) is 4.74 Å². The third-order valence-corrected chi connectivity index (χ3v) is 7.33. The molecule has 5 rings (SSSR count). The first kappa shape index (κ1) is 27.4. The molecule has 13 nitrogen and oxygen atoms in total. The number of carbonyl (C=O) groups is 4. The molecule has 3 unspecified atom stereocenters. The highest BCUT2D eigenvalue weighted by Gasteiger charge is 2.46. The highest BCUT2D eigenvalue weighted by molar-refractivity contribution is 6.32. The number of aromatic hydroxyl groups is 4. The lowest BCUT2D eigenvalue weighted by molar-refractivity contribution is -0.138. The van der Waals surface area contributed by atoms with E-state index in [0.29, 0.717) is 0 Å². The lowest BCUT2D eigenvalue weighted by Crippen LogP contribution is -2.38. The van der Waals surface area contributed by atoms with Crippen LogP contribution in [0.3, 0.4) is 0 Å². The van der Waals surface area contributed by atoms with Crippen LogP contribution in [0.4, 0.5) is 0 Å². The van der Waals surface area contributed by atoms with Gasteiger partial charge in [0.1, 0.15) is 47.0 Å². The van der Waals surface area contributed by atoms with Gasteiger partial charge in [-0.3, -0.25) is 19.2 Å². The summed E-state index contributed by atoms with van der Waals surface area (Å²) in [5.74, 6) is -7.82. The van der Waals surface area contributed by atoms with E-state index in [0.717, 1.165) is 19.2 Å². The zero-order chi connectivity index (χ0) is 30.2. The Hall–Kier alpha value is -5.14. The Morgan fingerprint density at radius 2 is 1.54 bits per heavy atom. The summed E-state index contributed by atoms with van der Waals surface area (Å²) in [6.45, 7) is 2.58. The van der Waals surface area contributed by atoms with Gasteiger partial charge in [-0.2, -0.15) is 0 Å². The standard InChI is InChI=1S/C28H23NO12/c1-7-4-10-15(22(34)13(7)27(38)29-8(2)28(39)40)16-18(25(37)21(10)33)26(41-3)19-17(24(16)36)20(32)11-5-9(30)6-12(31)14(11)23(19)35/h4-6,8,21,25,30-31,33-34,36-37H,1-3H3,(H,29,38)(H,39,40). The molecule has 2 aliphatic rings. The zero-order valence-corrected chi connectivity index (χ0v) is 21.6. The summed E-state index contributed by atoms with van der Waals surface area (Å²) in [5, 5.41) is 76.7. The molecular weight excluding hydrogens is 542 g/mol. The Bertz CT molecular complexity index is 1740. The molecule has 3 aromatic carbocycles. The molecule has 3 aromatic rings. The normalized spacial score (nSPS) is 17.6. The van der Waals surface area contributed by atoms with Crippen molar-refractivity contribution in [3.05, 3.63) is 62.7 Å². The zero-order valence-electron chi connectivity index (χ0n) is 21.6. The Balaban J connectivity index is 1.87. The van der Waals surface area contributed by atoms with Crippen LogP contribution < -0.4 is 10.1 Å². The summed E-state index contributed by atoms with van der Waals surface area (Å²) in [7, 11) is 1.09. The fraction of sp³-hybridized carbons (Fsp3) is 0.214. The van der Waals surface area contributed by atoms with Crippen LogP contribution in [0.25, 0.3) is 11.1 Å². The van der Waals surface area contributed by atoms with Crippen molar-refractivity contribution in [3.63, 3.8) is 0 Å². The lowest BCUT2D eigenvalue weighted by atomic mass is 9.73. The maximum absolute atomic E-state index is 13.6. The minimum Gasteiger partial charge on any atom is -0.508 e. The summed E-state index contributed by atoms with van der Waals surface area (Å²) in [6, 6.07) is 1.65. The van der Waals surface area contributed by atoms with Gasteiger partial charge in [0.15, 0.2) is 5.78 Å². The van der Waals surface area contributed by atoms with Crippen LogP contribution >= 0.6 is 0 Å². The van der Waals surface area contributed by atoms with E-state index in [9.17, 15) is 54.9 Å².